The molecule has 4 heteroatoms. The Hall–Kier alpha value is -3.24. The van der Waals surface area contributed by atoms with Gasteiger partial charge in [0.25, 0.3) is 0 Å². The minimum atomic E-state index is -0.403. The highest BCUT2D eigenvalue weighted by Gasteiger charge is 2.39. The number of nitrogens with one attached hydrogen (secondary N) is 1. The second-order valence-electron chi connectivity index (χ2n) is 8.94. The average molecular weight is 427 g/mol. The van der Waals surface area contributed by atoms with E-state index >= 15 is 0 Å². The molecule has 4 nitrogen and oxygen atoms in total. The van der Waals surface area contributed by atoms with Gasteiger partial charge in [-0.15, -0.1) is 0 Å². The lowest BCUT2D eigenvalue weighted by Gasteiger charge is -2.37. The largest absolute Gasteiger partial charge is 0.374 e. The molecule has 2 atom stereocenters. The summed E-state index contributed by atoms with van der Waals surface area (Å²) in [5, 5.41) is 4.79. The third-order valence-electron chi connectivity index (χ3n) is 5.99. The molecule has 0 bridgehead atoms. The summed E-state index contributed by atoms with van der Waals surface area (Å²) in [5.41, 5.74) is 6.82. The number of Topliss-reactive ketones (excluding diaryl/α,β-unsaturated/α-hetero) is 1. The van der Waals surface area contributed by atoms with Crippen LogP contribution in [0.1, 0.15) is 43.7 Å². The van der Waals surface area contributed by atoms with E-state index in [2.05, 4.69) is 29.7 Å². The van der Waals surface area contributed by atoms with Crippen LogP contribution in [0.2, 0.25) is 0 Å². The number of para-hydroxylation sites is 1. The fraction of sp³-hybridized carbons (Fsp3) is 0.286. The monoisotopic (exact) mass is 426 g/mol. The molecule has 0 amide bonds. The number of carbonyl (C=O) groups excluding carboxylic acids is 1. The lowest BCUT2D eigenvalue weighted by atomic mass is 9.76. The highest BCUT2D eigenvalue weighted by Crippen LogP contribution is 2.37. The van der Waals surface area contributed by atoms with Gasteiger partial charge < -0.3 is 4.74 Å². The van der Waals surface area contributed by atoms with Crippen molar-refractivity contribution in [1.82, 2.24) is 0 Å². The van der Waals surface area contributed by atoms with Crippen LogP contribution in [0.15, 0.2) is 96.1 Å². The molecular formula is C28H30N2O2. The second kappa shape index (κ2) is 9.92. The molecule has 1 N–H and O–H groups in total. The molecule has 32 heavy (non-hydrogen) atoms. The number of rotatable bonds is 7. The zero-order chi connectivity index (χ0) is 22.4. The number of ketones is 1. The van der Waals surface area contributed by atoms with Gasteiger partial charge in [-0.3, -0.25) is 10.2 Å². The van der Waals surface area contributed by atoms with E-state index in [1.807, 2.05) is 80.6 Å². The van der Waals surface area contributed by atoms with Crippen molar-refractivity contribution in [3.63, 3.8) is 0 Å². The number of hydrogen-bond donors (Lipinski definition) is 1. The van der Waals surface area contributed by atoms with Crippen LogP contribution in [-0.2, 0) is 9.53 Å². The molecule has 0 spiro atoms. The minimum absolute atomic E-state index is 0.0173. The van der Waals surface area contributed by atoms with Gasteiger partial charge in [-0.2, -0.15) is 5.10 Å². The summed E-state index contributed by atoms with van der Waals surface area (Å²) in [6, 6.07) is 30.3. The van der Waals surface area contributed by atoms with Crippen molar-refractivity contribution in [3.05, 3.63) is 102 Å². The summed E-state index contributed by atoms with van der Waals surface area (Å²) in [5.74, 6) is 0.0472. The predicted molar refractivity (Wildman–Crippen MR) is 130 cm³/mol. The Morgan fingerprint density at radius 1 is 0.969 bits per heavy atom. The van der Waals surface area contributed by atoms with Crippen LogP contribution >= 0.6 is 0 Å². The summed E-state index contributed by atoms with van der Waals surface area (Å²) in [4.78, 5) is 13.2. The zero-order valence-corrected chi connectivity index (χ0v) is 18.7. The molecule has 1 saturated heterocycles. The summed E-state index contributed by atoms with van der Waals surface area (Å²) in [7, 11) is 0. The highest BCUT2D eigenvalue weighted by molar-refractivity contribution is 6.02. The van der Waals surface area contributed by atoms with Crippen LogP contribution < -0.4 is 5.43 Å². The topological polar surface area (TPSA) is 50.7 Å². The van der Waals surface area contributed by atoms with Crippen molar-refractivity contribution in [2.24, 2.45) is 11.0 Å². The molecule has 0 radical (unpaired) electrons. The molecule has 1 aliphatic rings. The Morgan fingerprint density at radius 3 is 2.19 bits per heavy atom. The van der Waals surface area contributed by atoms with Gasteiger partial charge >= 0.3 is 0 Å². The van der Waals surface area contributed by atoms with Crippen molar-refractivity contribution in [2.45, 2.75) is 38.2 Å². The van der Waals surface area contributed by atoms with E-state index < -0.39 is 5.60 Å². The first-order valence-corrected chi connectivity index (χ1v) is 11.2. The molecule has 1 heterocycles. The van der Waals surface area contributed by atoms with Crippen molar-refractivity contribution < 1.29 is 9.53 Å². The Bertz CT molecular complexity index is 1050. The second-order valence-corrected chi connectivity index (χ2v) is 8.94. The Kier molecular flexibility index (Phi) is 6.81. The number of nitrogens with zero attached hydrogens (tertiary/aromatic N) is 1. The van der Waals surface area contributed by atoms with Gasteiger partial charge in [0.1, 0.15) is 5.78 Å². The molecule has 3 aromatic rings. The average Bonchev–Trinajstić information content (AvgIpc) is 2.81. The standard InChI is InChI=1S/C28H30N2O2/c1-28(2)19-27(31)25(20-32-28)24(21-12-6-3-7-13-21)18-26(22-14-8-4-9-15-22)30-29-23-16-10-5-11-17-23/h3-17,24-25,29H,18-20H2,1-2H3. The molecule has 3 aromatic carbocycles. The van der Waals surface area contributed by atoms with Crippen LogP contribution in [0.5, 0.6) is 0 Å². The van der Waals surface area contributed by atoms with Gasteiger partial charge in [-0.1, -0.05) is 78.9 Å². The fourth-order valence-electron chi connectivity index (χ4n) is 4.25. The molecule has 1 aliphatic heterocycles. The molecular weight excluding hydrogens is 396 g/mol. The number of carbonyl (C=O) groups is 1. The van der Waals surface area contributed by atoms with E-state index in [1.54, 1.807) is 0 Å². The summed E-state index contributed by atoms with van der Waals surface area (Å²) >= 11 is 0. The molecule has 0 aromatic heterocycles. The van der Waals surface area contributed by atoms with E-state index in [4.69, 9.17) is 9.84 Å². The van der Waals surface area contributed by atoms with Crippen LogP contribution in [0.4, 0.5) is 5.69 Å². The highest BCUT2D eigenvalue weighted by atomic mass is 16.5. The molecule has 0 aliphatic carbocycles. The fourth-order valence-corrected chi connectivity index (χ4v) is 4.25. The van der Waals surface area contributed by atoms with Gasteiger partial charge in [0, 0.05) is 18.3 Å². The first-order valence-electron chi connectivity index (χ1n) is 11.2. The van der Waals surface area contributed by atoms with Gasteiger partial charge in [-0.25, -0.2) is 0 Å². The van der Waals surface area contributed by atoms with E-state index in [0.717, 1.165) is 22.5 Å². The normalized spacial score (nSPS) is 19.4. The lowest BCUT2D eigenvalue weighted by molar-refractivity contribution is -0.145. The van der Waals surface area contributed by atoms with E-state index in [-0.39, 0.29) is 17.6 Å². The lowest BCUT2D eigenvalue weighted by Crippen LogP contribution is -2.42. The summed E-state index contributed by atoms with van der Waals surface area (Å²) in [6.07, 6.45) is 1.06. The van der Waals surface area contributed by atoms with Crippen LogP contribution in [0.3, 0.4) is 0 Å². The Balaban J connectivity index is 1.68. The van der Waals surface area contributed by atoms with Gasteiger partial charge in [-0.05, 0) is 43.5 Å². The number of benzene rings is 3. The number of hydrogen-bond acceptors (Lipinski definition) is 4. The van der Waals surface area contributed by atoms with Crippen LogP contribution in [0.25, 0.3) is 0 Å². The first-order chi connectivity index (χ1) is 15.5. The van der Waals surface area contributed by atoms with Gasteiger partial charge in [0.15, 0.2) is 0 Å². The molecule has 4 rings (SSSR count). The number of anilines is 1. The minimum Gasteiger partial charge on any atom is -0.374 e. The first kappa shape index (κ1) is 22.0. The molecule has 1 fully saturated rings. The maximum absolute atomic E-state index is 13.2. The smallest absolute Gasteiger partial charge is 0.141 e. The van der Waals surface area contributed by atoms with Gasteiger partial charge in [0.05, 0.1) is 23.6 Å². The third kappa shape index (κ3) is 5.51. The SMILES string of the molecule is CC1(C)CC(=O)C(C(CC(=NNc2ccccc2)c2ccccc2)c2ccccc2)CO1. The van der Waals surface area contributed by atoms with Crippen molar-refractivity contribution in [1.29, 1.82) is 0 Å². The number of hydrazone groups is 1. The number of ether oxygens (including phenoxy) is 1. The Labute approximate surface area is 190 Å². The van der Waals surface area contributed by atoms with Crippen molar-refractivity contribution in [3.8, 4) is 0 Å². The van der Waals surface area contributed by atoms with Crippen molar-refractivity contribution in [2.75, 3.05) is 12.0 Å². The molecule has 2 unspecified atom stereocenters. The molecule has 164 valence electrons. The maximum Gasteiger partial charge on any atom is 0.141 e. The van der Waals surface area contributed by atoms with E-state index in [9.17, 15) is 4.79 Å². The van der Waals surface area contributed by atoms with Crippen LogP contribution in [0, 0.1) is 5.92 Å². The van der Waals surface area contributed by atoms with Gasteiger partial charge in [0.2, 0.25) is 0 Å². The summed E-state index contributed by atoms with van der Waals surface area (Å²) < 4.78 is 6.09. The molecule has 0 saturated carbocycles. The Morgan fingerprint density at radius 2 is 1.56 bits per heavy atom. The van der Waals surface area contributed by atoms with E-state index in [0.29, 0.717) is 19.4 Å². The van der Waals surface area contributed by atoms with Crippen molar-refractivity contribution >= 4 is 17.2 Å². The zero-order valence-electron chi connectivity index (χ0n) is 18.7. The van der Waals surface area contributed by atoms with E-state index in [1.165, 1.54) is 0 Å². The third-order valence-corrected chi connectivity index (χ3v) is 5.99. The predicted octanol–water partition coefficient (Wildman–Crippen LogP) is 6.06. The quantitative estimate of drug-likeness (QED) is 0.369. The van der Waals surface area contributed by atoms with Crippen LogP contribution in [-0.4, -0.2) is 23.7 Å². The maximum atomic E-state index is 13.2. The summed E-state index contributed by atoms with van der Waals surface area (Å²) in [6.45, 7) is 4.40.